The molecule has 0 spiro atoms. The molecular formula is C19H37N5O4. The monoisotopic (exact) mass is 399 g/mol. The molecule has 1 amide bonds. The summed E-state index contributed by atoms with van der Waals surface area (Å²) in [6.07, 6.45) is 3.38. The molecule has 2 aliphatic rings. The molecule has 0 aromatic heterocycles. The summed E-state index contributed by atoms with van der Waals surface area (Å²) in [5.74, 6) is 0.650. The summed E-state index contributed by atoms with van der Waals surface area (Å²) in [7, 11) is 3.48. The van der Waals surface area contributed by atoms with E-state index in [1.807, 2.05) is 0 Å². The maximum absolute atomic E-state index is 11.8. The number of amides is 1. The summed E-state index contributed by atoms with van der Waals surface area (Å²) >= 11 is 0. The molecule has 2 N–H and O–H groups in total. The molecule has 0 saturated carbocycles. The van der Waals surface area contributed by atoms with Gasteiger partial charge in [-0.3, -0.25) is 9.69 Å². The van der Waals surface area contributed by atoms with Gasteiger partial charge in [-0.1, -0.05) is 0 Å². The van der Waals surface area contributed by atoms with Crippen LogP contribution < -0.4 is 10.6 Å². The predicted molar refractivity (Wildman–Crippen MR) is 109 cm³/mol. The van der Waals surface area contributed by atoms with E-state index < -0.39 is 0 Å². The molecule has 28 heavy (non-hydrogen) atoms. The number of carbonyl (C=O) groups is 1. The number of nitrogens with one attached hydrogen (secondary N) is 2. The van der Waals surface area contributed by atoms with Crippen LogP contribution in [0.15, 0.2) is 4.99 Å². The van der Waals surface area contributed by atoms with Gasteiger partial charge in [-0.2, -0.15) is 0 Å². The highest BCUT2D eigenvalue weighted by Gasteiger charge is 2.15. The highest BCUT2D eigenvalue weighted by molar-refractivity contribution is 5.84. The number of nitrogens with zero attached hydrogens (tertiary/aromatic N) is 3. The second-order valence-corrected chi connectivity index (χ2v) is 7.32. The van der Waals surface area contributed by atoms with Crippen molar-refractivity contribution in [3.8, 4) is 0 Å². The molecule has 0 aromatic rings. The quantitative estimate of drug-likeness (QED) is 0.276. The highest BCUT2D eigenvalue weighted by atomic mass is 16.5. The van der Waals surface area contributed by atoms with Gasteiger partial charge in [-0.25, -0.2) is 4.99 Å². The van der Waals surface area contributed by atoms with Crippen LogP contribution in [0.2, 0.25) is 0 Å². The first kappa shape index (κ1) is 22.9. The SMILES string of the molecule is CN(C)C(=O)CN=C(NCCCOCC1CCCO1)NCCN1CCOCC1. The largest absolute Gasteiger partial charge is 0.379 e. The number of likely N-dealkylation sites (N-methyl/N-ethyl adjacent to an activating group) is 1. The topological polar surface area (TPSA) is 87.7 Å². The van der Waals surface area contributed by atoms with Gasteiger partial charge < -0.3 is 29.7 Å². The van der Waals surface area contributed by atoms with Crippen molar-refractivity contribution < 1.29 is 19.0 Å². The predicted octanol–water partition coefficient (Wildman–Crippen LogP) is -0.472. The van der Waals surface area contributed by atoms with Gasteiger partial charge in [0.1, 0.15) is 6.54 Å². The standard InChI is InChI=1S/C19H37N5O4/c1-23(2)18(25)15-22-19(21-7-8-24-9-13-26-14-10-24)20-6-4-11-27-16-17-5-3-12-28-17/h17H,3-16H2,1-2H3,(H2,20,21,22). The van der Waals surface area contributed by atoms with Crippen LogP contribution in [0, 0.1) is 0 Å². The Morgan fingerprint density at radius 1 is 1.21 bits per heavy atom. The molecule has 2 heterocycles. The number of carbonyl (C=O) groups excluding carboxylic acids is 1. The van der Waals surface area contributed by atoms with Crippen LogP contribution in [0.1, 0.15) is 19.3 Å². The minimum absolute atomic E-state index is 0.0193. The Labute approximate surface area is 168 Å². The minimum atomic E-state index is -0.0193. The van der Waals surface area contributed by atoms with E-state index in [0.717, 1.165) is 71.8 Å². The fraction of sp³-hybridized carbons (Fsp3) is 0.895. The van der Waals surface area contributed by atoms with E-state index in [1.54, 1.807) is 19.0 Å². The van der Waals surface area contributed by atoms with Crippen molar-refractivity contribution in [2.24, 2.45) is 4.99 Å². The summed E-state index contributed by atoms with van der Waals surface area (Å²) < 4.78 is 16.6. The Kier molecular flexibility index (Phi) is 11.2. The van der Waals surface area contributed by atoms with Crippen LogP contribution in [0.25, 0.3) is 0 Å². The third-order valence-electron chi connectivity index (χ3n) is 4.78. The van der Waals surface area contributed by atoms with Crippen molar-refractivity contribution in [2.75, 3.05) is 86.4 Å². The van der Waals surface area contributed by atoms with Gasteiger partial charge in [0.25, 0.3) is 0 Å². The van der Waals surface area contributed by atoms with Crippen molar-refractivity contribution in [1.82, 2.24) is 20.4 Å². The fourth-order valence-corrected chi connectivity index (χ4v) is 2.99. The van der Waals surface area contributed by atoms with Crippen LogP contribution in [-0.2, 0) is 19.0 Å². The molecule has 0 aromatic carbocycles. The van der Waals surface area contributed by atoms with Crippen molar-refractivity contribution in [1.29, 1.82) is 0 Å². The maximum Gasteiger partial charge on any atom is 0.243 e. The van der Waals surface area contributed by atoms with E-state index in [2.05, 4.69) is 20.5 Å². The Balaban J connectivity index is 1.63. The zero-order chi connectivity index (χ0) is 20.0. The number of morpholine rings is 1. The van der Waals surface area contributed by atoms with Crippen molar-refractivity contribution in [3.63, 3.8) is 0 Å². The highest BCUT2D eigenvalue weighted by Crippen LogP contribution is 2.11. The van der Waals surface area contributed by atoms with E-state index in [-0.39, 0.29) is 18.6 Å². The van der Waals surface area contributed by atoms with Gasteiger partial charge in [-0.15, -0.1) is 0 Å². The van der Waals surface area contributed by atoms with Crippen LogP contribution in [0.4, 0.5) is 0 Å². The lowest BCUT2D eigenvalue weighted by atomic mass is 10.2. The second-order valence-electron chi connectivity index (χ2n) is 7.32. The molecule has 0 aliphatic carbocycles. The molecule has 9 nitrogen and oxygen atoms in total. The van der Waals surface area contributed by atoms with Crippen molar-refractivity contribution in [2.45, 2.75) is 25.4 Å². The first-order chi connectivity index (χ1) is 13.6. The smallest absolute Gasteiger partial charge is 0.243 e. The molecule has 1 atom stereocenters. The summed E-state index contributed by atoms with van der Waals surface area (Å²) in [6.45, 7) is 8.31. The molecule has 0 bridgehead atoms. The molecule has 1 unspecified atom stereocenters. The Hall–Kier alpha value is -1.42. The van der Waals surface area contributed by atoms with Gasteiger partial charge in [0.15, 0.2) is 5.96 Å². The first-order valence-electron chi connectivity index (χ1n) is 10.4. The van der Waals surface area contributed by atoms with Crippen LogP contribution in [0.5, 0.6) is 0 Å². The molecule has 2 saturated heterocycles. The second kappa shape index (κ2) is 13.7. The number of ether oxygens (including phenoxy) is 3. The zero-order valence-electron chi connectivity index (χ0n) is 17.5. The normalized spacial score (nSPS) is 20.9. The van der Waals surface area contributed by atoms with Gasteiger partial charge in [0, 0.05) is 60.0 Å². The molecule has 2 aliphatic heterocycles. The summed E-state index contributed by atoms with van der Waals surface area (Å²) in [4.78, 5) is 20.1. The van der Waals surface area contributed by atoms with Gasteiger partial charge in [-0.05, 0) is 19.3 Å². The lowest BCUT2D eigenvalue weighted by Gasteiger charge is -2.26. The summed E-state index contributed by atoms with van der Waals surface area (Å²) in [5.41, 5.74) is 0. The van der Waals surface area contributed by atoms with Gasteiger partial charge >= 0.3 is 0 Å². The Morgan fingerprint density at radius 3 is 2.71 bits per heavy atom. The first-order valence-corrected chi connectivity index (χ1v) is 10.4. The molecule has 0 radical (unpaired) electrons. The van der Waals surface area contributed by atoms with Crippen LogP contribution in [0.3, 0.4) is 0 Å². The Bertz CT molecular complexity index is 463. The number of hydrogen-bond acceptors (Lipinski definition) is 6. The minimum Gasteiger partial charge on any atom is -0.379 e. The molecular weight excluding hydrogens is 362 g/mol. The number of hydrogen-bond donors (Lipinski definition) is 2. The average molecular weight is 400 g/mol. The lowest BCUT2D eigenvalue weighted by Crippen LogP contribution is -2.45. The zero-order valence-corrected chi connectivity index (χ0v) is 17.5. The number of aliphatic imine (C=N–C) groups is 1. The summed E-state index contributed by atoms with van der Waals surface area (Å²) in [5, 5.41) is 6.62. The number of rotatable bonds is 11. The van der Waals surface area contributed by atoms with Crippen LogP contribution >= 0.6 is 0 Å². The fourth-order valence-electron chi connectivity index (χ4n) is 2.99. The van der Waals surface area contributed by atoms with Gasteiger partial charge in [0.2, 0.25) is 5.91 Å². The number of guanidine groups is 1. The maximum atomic E-state index is 11.8. The van der Waals surface area contributed by atoms with Crippen molar-refractivity contribution in [3.05, 3.63) is 0 Å². The molecule has 162 valence electrons. The third kappa shape index (κ3) is 9.68. The molecule has 2 rings (SSSR count). The average Bonchev–Trinajstić information content (AvgIpc) is 3.22. The van der Waals surface area contributed by atoms with E-state index in [0.29, 0.717) is 19.2 Å². The lowest BCUT2D eigenvalue weighted by molar-refractivity contribution is -0.127. The summed E-state index contributed by atoms with van der Waals surface area (Å²) in [6, 6.07) is 0. The van der Waals surface area contributed by atoms with Gasteiger partial charge in [0.05, 0.1) is 25.9 Å². The van der Waals surface area contributed by atoms with E-state index in [4.69, 9.17) is 14.2 Å². The third-order valence-corrected chi connectivity index (χ3v) is 4.78. The Morgan fingerprint density at radius 2 is 2.00 bits per heavy atom. The van der Waals surface area contributed by atoms with E-state index in [1.165, 1.54) is 0 Å². The van der Waals surface area contributed by atoms with Crippen LogP contribution in [-0.4, -0.2) is 114 Å². The van der Waals surface area contributed by atoms with Crippen molar-refractivity contribution >= 4 is 11.9 Å². The van der Waals surface area contributed by atoms with E-state index in [9.17, 15) is 4.79 Å². The molecule has 9 heteroatoms. The molecule has 2 fully saturated rings. The van der Waals surface area contributed by atoms with E-state index >= 15 is 0 Å².